The molecule has 4 nitrogen and oxygen atoms in total. The lowest BCUT2D eigenvalue weighted by Crippen LogP contribution is -2.49. The Labute approximate surface area is 158 Å². The zero-order valence-electron chi connectivity index (χ0n) is 16.4. The first kappa shape index (κ1) is 19.4. The van der Waals surface area contributed by atoms with Crippen LogP contribution in [0.5, 0.6) is 0 Å². The van der Waals surface area contributed by atoms with Crippen LogP contribution in [0.1, 0.15) is 68.3 Å². The normalized spacial score (nSPS) is 22.0. The molecule has 1 aromatic rings. The number of carbonyl (C=O) groups is 1. The molecule has 3 rings (SSSR count). The lowest BCUT2D eigenvalue weighted by molar-refractivity contribution is 0.0560. The number of hydrogen-bond acceptors (Lipinski definition) is 3. The van der Waals surface area contributed by atoms with Gasteiger partial charge in [0.25, 0.3) is 5.91 Å². The van der Waals surface area contributed by atoms with E-state index in [0.29, 0.717) is 12.5 Å². The predicted octanol–water partition coefficient (Wildman–Crippen LogP) is 3.48. The van der Waals surface area contributed by atoms with Crippen LogP contribution in [0.2, 0.25) is 0 Å². The summed E-state index contributed by atoms with van der Waals surface area (Å²) in [6.07, 6.45) is 7.55. The van der Waals surface area contributed by atoms with Crippen LogP contribution in [0.25, 0.3) is 0 Å². The highest BCUT2D eigenvalue weighted by atomic mass is 16.3. The number of aryl methyl sites for hydroxylation is 1. The van der Waals surface area contributed by atoms with Gasteiger partial charge in [0.2, 0.25) is 0 Å². The molecule has 2 aliphatic heterocycles. The fraction of sp³-hybridized carbons (Fsp3) is 0.682. The van der Waals surface area contributed by atoms with Gasteiger partial charge in [0.15, 0.2) is 0 Å². The van der Waals surface area contributed by atoms with Crippen molar-refractivity contribution in [3.63, 3.8) is 0 Å². The largest absolute Gasteiger partial charge is 0.390 e. The van der Waals surface area contributed by atoms with E-state index >= 15 is 0 Å². The third-order valence-corrected chi connectivity index (χ3v) is 5.76. The van der Waals surface area contributed by atoms with Gasteiger partial charge in [-0.15, -0.1) is 0 Å². The number of nitrogens with zero attached hydrogens (tertiary/aromatic N) is 2. The summed E-state index contributed by atoms with van der Waals surface area (Å²) in [6.45, 7) is 7.95. The van der Waals surface area contributed by atoms with E-state index in [1.807, 2.05) is 32.0 Å². The lowest BCUT2D eigenvalue weighted by atomic mass is 9.96. The van der Waals surface area contributed by atoms with Crippen LogP contribution >= 0.6 is 0 Å². The Morgan fingerprint density at radius 3 is 2.62 bits per heavy atom. The highest BCUT2D eigenvalue weighted by Gasteiger charge is 2.29. The van der Waals surface area contributed by atoms with Gasteiger partial charge in [-0.3, -0.25) is 4.79 Å². The van der Waals surface area contributed by atoms with E-state index in [-0.39, 0.29) is 5.91 Å². The van der Waals surface area contributed by atoms with E-state index in [1.165, 1.54) is 32.4 Å². The molecule has 0 saturated carbocycles. The number of benzene rings is 1. The summed E-state index contributed by atoms with van der Waals surface area (Å²) in [4.78, 5) is 17.8. The van der Waals surface area contributed by atoms with Gasteiger partial charge in [0, 0.05) is 24.7 Å². The molecule has 1 N–H and O–H groups in total. The summed E-state index contributed by atoms with van der Waals surface area (Å²) in [6, 6.07) is 8.36. The molecule has 144 valence electrons. The molecular formula is C22H34N2O2. The van der Waals surface area contributed by atoms with Gasteiger partial charge in [-0.25, -0.2) is 0 Å². The van der Waals surface area contributed by atoms with Gasteiger partial charge >= 0.3 is 0 Å². The van der Waals surface area contributed by atoms with Crippen molar-refractivity contribution < 1.29 is 9.90 Å². The zero-order valence-corrected chi connectivity index (χ0v) is 16.4. The maximum absolute atomic E-state index is 13.2. The number of rotatable bonds is 6. The Kier molecular flexibility index (Phi) is 6.36. The first-order valence-corrected chi connectivity index (χ1v) is 10.3. The van der Waals surface area contributed by atoms with E-state index in [2.05, 4.69) is 15.9 Å². The van der Waals surface area contributed by atoms with E-state index < -0.39 is 5.60 Å². The molecule has 1 amide bonds. The number of likely N-dealkylation sites (tertiary alicyclic amines) is 2. The smallest absolute Gasteiger partial charge is 0.254 e. The van der Waals surface area contributed by atoms with E-state index in [4.69, 9.17) is 0 Å². The lowest BCUT2D eigenvalue weighted by Gasteiger charge is -2.38. The molecular weight excluding hydrogens is 324 g/mol. The number of hydrogen-bond donors (Lipinski definition) is 1. The summed E-state index contributed by atoms with van der Waals surface area (Å²) >= 11 is 0. The third-order valence-electron chi connectivity index (χ3n) is 5.76. The fourth-order valence-corrected chi connectivity index (χ4v) is 4.20. The quantitative estimate of drug-likeness (QED) is 0.847. The molecule has 0 radical (unpaired) electrons. The molecule has 1 aromatic carbocycles. The molecule has 2 heterocycles. The van der Waals surface area contributed by atoms with E-state index in [1.54, 1.807) is 0 Å². The second-order valence-corrected chi connectivity index (χ2v) is 8.67. The van der Waals surface area contributed by atoms with Gasteiger partial charge < -0.3 is 14.9 Å². The molecule has 2 fully saturated rings. The molecule has 0 aromatic heterocycles. The summed E-state index contributed by atoms with van der Waals surface area (Å²) in [5, 5.41) is 9.95. The fourth-order valence-electron chi connectivity index (χ4n) is 4.20. The van der Waals surface area contributed by atoms with Crippen LogP contribution in [0.3, 0.4) is 0 Å². The number of amides is 1. The maximum atomic E-state index is 13.2. The van der Waals surface area contributed by atoms with Crippen LogP contribution in [-0.4, -0.2) is 58.6 Å². The Morgan fingerprint density at radius 2 is 1.88 bits per heavy atom. The molecule has 2 saturated heterocycles. The maximum Gasteiger partial charge on any atom is 0.254 e. The Bertz CT molecular complexity index is 602. The molecule has 0 spiro atoms. The van der Waals surface area contributed by atoms with Gasteiger partial charge in [0.1, 0.15) is 0 Å². The zero-order chi connectivity index (χ0) is 18.6. The Balaban J connectivity index is 1.67. The average Bonchev–Trinajstić information content (AvgIpc) is 3.13. The summed E-state index contributed by atoms with van der Waals surface area (Å²) in [7, 11) is 0. The van der Waals surface area contributed by atoms with E-state index in [9.17, 15) is 9.90 Å². The SMILES string of the molecule is CC(C)(O)CCc1cccc(C(=O)N2CCCC[C@@H]2CN2CCCC2)c1. The Hall–Kier alpha value is -1.39. The van der Waals surface area contributed by atoms with Crippen LogP contribution in [0.4, 0.5) is 0 Å². The molecule has 4 heteroatoms. The highest BCUT2D eigenvalue weighted by molar-refractivity contribution is 5.94. The van der Waals surface area contributed by atoms with Crippen LogP contribution in [0, 0.1) is 0 Å². The third kappa shape index (κ3) is 5.31. The minimum atomic E-state index is -0.673. The van der Waals surface area contributed by atoms with Crippen molar-refractivity contribution in [1.29, 1.82) is 0 Å². The van der Waals surface area contributed by atoms with Crippen LogP contribution < -0.4 is 0 Å². The van der Waals surface area contributed by atoms with Crippen LogP contribution in [-0.2, 0) is 6.42 Å². The predicted molar refractivity (Wildman–Crippen MR) is 105 cm³/mol. The molecule has 1 atom stereocenters. The molecule has 0 aliphatic carbocycles. The van der Waals surface area contributed by atoms with Gasteiger partial charge in [0.05, 0.1) is 5.60 Å². The minimum absolute atomic E-state index is 0.180. The molecule has 0 unspecified atom stereocenters. The number of carbonyl (C=O) groups excluding carboxylic acids is 1. The highest BCUT2D eigenvalue weighted by Crippen LogP contribution is 2.23. The second kappa shape index (κ2) is 8.53. The van der Waals surface area contributed by atoms with Crippen LogP contribution in [0.15, 0.2) is 24.3 Å². The van der Waals surface area contributed by atoms with Gasteiger partial charge in [-0.1, -0.05) is 12.1 Å². The number of aliphatic hydroxyl groups is 1. The summed E-state index contributed by atoms with van der Waals surface area (Å²) in [5.41, 5.74) is 1.26. The molecule has 2 aliphatic rings. The van der Waals surface area contributed by atoms with Crippen molar-refractivity contribution in [1.82, 2.24) is 9.80 Å². The molecule has 26 heavy (non-hydrogen) atoms. The van der Waals surface area contributed by atoms with Gasteiger partial charge in [-0.2, -0.15) is 0 Å². The molecule has 0 bridgehead atoms. The van der Waals surface area contributed by atoms with Crippen molar-refractivity contribution in [3.8, 4) is 0 Å². The summed E-state index contributed by atoms with van der Waals surface area (Å²) in [5.74, 6) is 0.180. The Morgan fingerprint density at radius 1 is 1.15 bits per heavy atom. The minimum Gasteiger partial charge on any atom is -0.390 e. The van der Waals surface area contributed by atoms with Gasteiger partial charge in [-0.05, 0) is 89.6 Å². The van der Waals surface area contributed by atoms with Crippen molar-refractivity contribution >= 4 is 5.91 Å². The average molecular weight is 359 g/mol. The van der Waals surface area contributed by atoms with Crippen molar-refractivity contribution in [2.45, 2.75) is 70.4 Å². The van der Waals surface area contributed by atoms with Crippen molar-refractivity contribution in [3.05, 3.63) is 35.4 Å². The summed E-state index contributed by atoms with van der Waals surface area (Å²) < 4.78 is 0. The first-order chi connectivity index (χ1) is 12.4. The van der Waals surface area contributed by atoms with E-state index in [0.717, 1.165) is 43.5 Å². The second-order valence-electron chi connectivity index (χ2n) is 8.67. The number of piperidine rings is 1. The monoisotopic (exact) mass is 358 g/mol. The van der Waals surface area contributed by atoms with Crippen molar-refractivity contribution in [2.75, 3.05) is 26.2 Å². The standard InChI is InChI=1S/C22H34N2O2/c1-22(2,26)12-11-18-8-7-9-19(16-18)21(25)24-15-4-3-10-20(24)17-23-13-5-6-14-23/h7-9,16,20,26H,3-6,10-15,17H2,1-2H3/t20-/m1/s1. The van der Waals surface area contributed by atoms with Crippen molar-refractivity contribution in [2.24, 2.45) is 0 Å². The first-order valence-electron chi connectivity index (χ1n) is 10.3. The topological polar surface area (TPSA) is 43.8 Å².